The van der Waals surface area contributed by atoms with Crippen LogP contribution in [0.15, 0.2) is 4.99 Å². The Hall–Kier alpha value is -1.16. The number of halogens is 4. The zero-order valence-corrected chi connectivity index (χ0v) is 17.0. The number of hydrogen-bond donors (Lipinski definition) is 1. The maximum absolute atomic E-state index is 13.0. The summed E-state index contributed by atoms with van der Waals surface area (Å²) in [6.45, 7) is 0.432. The van der Waals surface area contributed by atoms with Gasteiger partial charge in [0.05, 0.1) is 6.54 Å². The summed E-state index contributed by atoms with van der Waals surface area (Å²) in [5.74, 6) is -1.80. The zero-order valence-electron chi connectivity index (χ0n) is 15.4. The number of nitrogens with zero attached hydrogens (tertiary/aromatic N) is 3. The third-order valence-corrected chi connectivity index (χ3v) is 6.69. The largest absolute Gasteiger partial charge is 0.471 e. The maximum Gasteiger partial charge on any atom is 0.471 e. The number of alkyl halides is 4. The summed E-state index contributed by atoms with van der Waals surface area (Å²) in [7, 11) is 0. The van der Waals surface area contributed by atoms with Gasteiger partial charge in [-0.3, -0.25) is 15.1 Å². The molecule has 0 aromatic rings. The van der Waals surface area contributed by atoms with Crippen molar-refractivity contribution < 1.29 is 22.8 Å². The molecule has 3 rings (SSSR count). The molecule has 1 N–H and O–H groups in total. The molecule has 2 aliphatic heterocycles. The minimum absolute atomic E-state index is 0.00103. The summed E-state index contributed by atoms with van der Waals surface area (Å²) in [5.41, 5.74) is 0. The lowest BCUT2D eigenvalue weighted by atomic mass is 9.91. The van der Waals surface area contributed by atoms with Crippen LogP contribution >= 0.6 is 23.4 Å². The molecular weight excluding hydrogens is 417 g/mol. The van der Waals surface area contributed by atoms with E-state index >= 15 is 0 Å². The average molecular weight is 441 g/mol. The molecule has 3 aliphatic rings. The van der Waals surface area contributed by atoms with Crippen LogP contribution in [0.3, 0.4) is 0 Å². The molecule has 11 heteroatoms. The Kier molecular flexibility index (Phi) is 7.01. The van der Waals surface area contributed by atoms with E-state index in [1.165, 1.54) is 11.8 Å². The third-order valence-electron chi connectivity index (χ3n) is 5.42. The number of urea groups is 1. The van der Waals surface area contributed by atoms with Crippen molar-refractivity contribution in [2.45, 2.75) is 67.9 Å². The van der Waals surface area contributed by atoms with Gasteiger partial charge in [-0.05, 0) is 25.7 Å². The van der Waals surface area contributed by atoms with Crippen molar-refractivity contribution in [3.8, 4) is 0 Å². The van der Waals surface area contributed by atoms with Crippen LogP contribution in [-0.2, 0) is 4.79 Å². The Morgan fingerprint density at radius 1 is 1.11 bits per heavy atom. The van der Waals surface area contributed by atoms with Gasteiger partial charge >= 0.3 is 18.1 Å². The second kappa shape index (κ2) is 9.11. The number of carbonyl (C=O) groups excluding carboxylic acids is 2. The Bertz CT molecular complexity index is 620. The zero-order chi connectivity index (χ0) is 20.3. The molecule has 0 spiro atoms. The molecule has 28 heavy (non-hydrogen) atoms. The van der Waals surface area contributed by atoms with Crippen molar-refractivity contribution in [2.24, 2.45) is 4.99 Å². The van der Waals surface area contributed by atoms with Crippen LogP contribution in [0.25, 0.3) is 0 Å². The van der Waals surface area contributed by atoms with Gasteiger partial charge in [-0.25, -0.2) is 4.79 Å². The highest BCUT2D eigenvalue weighted by atomic mass is 35.5. The SMILES string of the molecule is O=C(NC1=NCC(Cl)S1)N(C1CCCCC1)C1CCN(C(=O)C(F)(F)F)CC1. The number of piperidine rings is 1. The van der Waals surface area contributed by atoms with Crippen LogP contribution in [-0.4, -0.2) is 69.5 Å². The van der Waals surface area contributed by atoms with Crippen molar-refractivity contribution in [3.05, 3.63) is 0 Å². The van der Waals surface area contributed by atoms with E-state index in [1.54, 1.807) is 4.90 Å². The van der Waals surface area contributed by atoms with E-state index in [0.29, 0.717) is 24.6 Å². The molecule has 0 aromatic heterocycles. The summed E-state index contributed by atoms with van der Waals surface area (Å²) in [6.07, 6.45) is 0.759. The Labute approximate surface area is 171 Å². The van der Waals surface area contributed by atoms with Crippen molar-refractivity contribution >= 4 is 40.5 Å². The quantitative estimate of drug-likeness (QED) is 0.668. The lowest BCUT2D eigenvalue weighted by molar-refractivity contribution is -0.186. The van der Waals surface area contributed by atoms with Crippen LogP contribution in [0.1, 0.15) is 44.9 Å². The predicted molar refractivity (Wildman–Crippen MR) is 102 cm³/mol. The minimum atomic E-state index is -4.86. The Balaban J connectivity index is 1.66. The highest BCUT2D eigenvalue weighted by Gasteiger charge is 2.44. The standard InChI is InChI=1S/C17H24ClF3N4O2S/c18-13-10-22-15(28-13)23-16(27)25(11-4-2-1-3-5-11)12-6-8-24(9-7-12)14(26)17(19,20)21/h11-13H,1-10H2,(H,22,23,27). The molecule has 158 valence electrons. The number of carbonyl (C=O) groups is 2. The minimum Gasteiger partial charge on any atom is -0.335 e. The number of amides is 3. The lowest BCUT2D eigenvalue weighted by Crippen LogP contribution is -2.57. The van der Waals surface area contributed by atoms with Gasteiger partial charge < -0.3 is 9.80 Å². The van der Waals surface area contributed by atoms with Crippen LogP contribution in [0.4, 0.5) is 18.0 Å². The summed E-state index contributed by atoms with van der Waals surface area (Å²) < 4.78 is 37.8. The monoisotopic (exact) mass is 440 g/mol. The molecule has 2 fully saturated rings. The summed E-state index contributed by atoms with van der Waals surface area (Å²) in [6, 6.07) is -0.411. The molecule has 1 aliphatic carbocycles. The number of likely N-dealkylation sites (tertiary alicyclic amines) is 1. The third kappa shape index (κ3) is 5.25. The second-order valence-electron chi connectivity index (χ2n) is 7.32. The van der Waals surface area contributed by atoms with E-state index in [9.17, 15) is 22.8 Å². The van der Waals surface area contributed by atoms with Gasteiger partial charge in [-0.15, -0.1) is 11.6 Å². The van der Waals surface area contributed by atoms with Crippen LogP contribution in [0.2, 0.25) is 0 Å². The number of rotatable bonds is 2. The Morgan fingerprint density at radius 2 is 1.71 bits per heavy atom. The predicted octanol–water partition coefficient (Wildman–Crippen LogP) is 3.55. The van der Waals surface area contributed by atoms with E-state index < -0.39 is 12.1 Å². The Morgan fingerprint density at radius 3 is 2.25 bits per heavy atom. The summed E-state index contributed by atoms with van der Waals surface area (Å²) in [4.78, 5) is 31.3. The van der Waals surface area contributed by atoms with Gasteiger partial charge in [0.1, 0.15) is 4.71 Å². The van der Waals surface area contributed by atoms with E-state index in [4.69, 9.17) is 11.6 Å². The van der Waals surface area contributed by atoms with Gasteiger partial charge in [0, 0.05) is 25.2 Å². The van der Waals surface area contributed by atoms with Crippen molar-refractivity contribution in [1.29, 1.82) is 0 Å². The normalized spacial score (nSPS) is 24.8. The van der Waals surface area contributed by atoms with Gasteiger partial charge in [-0.1, -0.05) is 31.0 Å². The number of amidine groups is 1. The fraction of sp³-hybridized carbons (Fsp3) is 0.824. The molecule has 2 heterocycles. The van der Waals surface area contributed by atoms with E-state index in [0.717, 1.165) is 37.0 Å². The molecule has 1 saturated carbocycles. The first-order chi connectivity index (χ1) is 13.3. The van der Waals surface area contributed by atoms with E-state index in [1.807, 2.05) is 0 Å². The molecule has 6 nitrogen and oxygen atoms in total. The summed E-state index contributed by atoms with van der Waals surface area (Å²) >= 11 is 7.29. The van der Waals surface area contributed by atoms with Gasteiger partial charge in [0.2, 0.25) is 0 Å². The molecule has 0 radical (unpaired) electrons. The summed E-state index contributed by atoms with van der Waals surface area (Å²) in [5, 5.41) is 3.30. The van der Waals surface area contributed by atoms with Gasteiger partial charge in [0.25, 0.3) is 0 Å². The number of nitrogens with one attached hydrogen (secondary N) is 1. The highest BCUT2D eigenvalue weighted by molar-refractivity contribution is 8.15. The van der Waals surface area contributed by atoms with Gasteiger partial charge in [0.15, 0.2) is 5.17 Å². The van der Waals surface area contributed by atoms with E-state index in [2.05, 4.69) is 10.3 Å². The maximum atomic E-state index is 13.0. The smallest absolute Gasteiger partial charge is 0.335 e. The molecule has 1 atom stereocenters. The molecule has 0 aromatic carbocycles. The average Bonchev–Trinajstić information content (AvgIpc) is 3.06. The van der Waals surface area contributed by atoms with Crippen molar-refractivity contribution in [3.63, 3.8) is 0 Å². The van der Waals surface area contributed by atoms with Crippen molar-refractivity contribution in [1.82, 2.24) is 15.1 Å². The number of hydrogen-bond acceptors (Lipinski definition) is 4. The van der Waals surface area contributed by atoms with Crippen LogP contribution in [0.5, 0.6) is 0 Å². The number of thioether (sulfide) groups is 1. The molecule has 0 bridgehead atoms. The fourth-order valence-electron chi connectivity index (χ4n) is 4.09. The first-order valence-electron chi connectivity index (χ1n) is 9.56. The van der Waals surface area contributed by atoms with Crippen LogP contribution in [0, 0.1) is 0 Å². The molecule has 1 saturated heterocycles. The highest BCUT2D eigenvalue weighted by Crippen LogP contribution is 2.30. The molecule has 3 amide bonds. The van der Waals surface area contributed by atoms with E-state index in [-0.39, 0.29) is 35.9 Å². The number of aliphatic imine (C=N–C) groups is 1. The molecule has 1 unspecified atom stereocenters. The van der Waals surface area contributed by atoms with Gasteiger partial charge in [-0.2, -0.15) is 13.2 Å². The first kappa shape index (κ1) is 21.5. The fourth-order valence-corrected chi connectivity index (χ4v) is 5.10. The lowest BCUT2D eigenvalue weighted by Gasteiger charge is -2.43. The second-order valence-corrected chi connectivity index (χ2v) is 9.30. The van der Waals surface area contributed by atoms with Crippen molar-refractivity contribution in [2.75, 3.05) is 19.6 Å². The van der Waals surface area contributed by atoms with Crippen LogP contribution < -0.4 is 5.32 Å². The molecular formula is C17H24ClF3N4O2S. The topological polar surface area (TPSA) is 65.0 Å². The first-order valence-corrected chi connectivity index (χ1v) is 10.9.